The minimum Gasteiger partial charge on any atom is -0.486 e. The van der Waals surface area contributed by atoms with Gasteiger partial charge in [-0.15, -0.1) is 11.3 Å². The highest BCUT2D eigenvalue weighted by molar-refractivity contribution is 9.10. The van der Waals surface area contributed by atoms with Gasteiger partial charge in [0.2, 0.25) is 0 Å². The molecule has 6 heteroatoms. The van der Waals surface area contributed by atoms with Gasteiger partial charge in [0.05, 0.1) is 16.3 Å². The van der Waals surface area contributed by atoms with Crippen LogP contribution < -0.4 is 9.47 Å². The van der Waals surface area contributed by atoms with Crippen molar-refractivity contribution in [3.05, 3.63) is 51.4 Å². The quantitative estimate of drug-likeness (QED) is 0.595. The minimum atomic E-state index is 0.234. The zero-order valence-electron chi connectivity index (χ0n) is 14.2. The van der Waals surface area contributed by atoms with Crippen LogP contribution in [0.2, 0.25) is 0 Å². The van der Waals surface area contributed by atoms with E-state index >= 15 is 0 Å². The predicted octanol–water partition coefficient (Wildman–Crippen LogP) is 5.02. The fourth-order valence-electron chi connectivity index (χ4n) is 2.89. The highest BCUT2D eigenvalue weighted by atomic mass is 79.9. The molecule has 2 heterocycles. The average molecular weight is 419 g/mol. The third-order valence-electron chi connectivity index (χ3n) is 4.46. The summed E-state index contributed by atoms with van der Waals surface area (Å²) in [5.74, 6) is 1.63. The lowest BCUT2D eigenvalue weighted by Gasteiger charge is -2.25. The van der Waals surface area contributed by atoms with Crippen LogP contribution in [0.25, 0.3) is 10.2 Å². The molecular weight excluding hydrogens is 400 g/mol. The Bertz CT molecular complexity index is 879. The summed E-state index contributed by atoms with van der Waals surface area (Å²) in [6.07, 6.45) is 0. The van der Waals surface area contributed by atoms with E-state index in [-0.39, 0.29) is 6.04 Å². The van der Waals surface area contributed by atoms with Crippen LogP contribution in [-0.2, 0) is 6.54 Å². The van der Waals surface area contributed by atoms with Crippen molar-refractivity contribution in [2.24, 2.45) is 0 Å². The predicted molar refractivity (Wildman–Crippen MR) is 105 cm³/mol. The van der Waals surface area contributed by atoms with Crippen LogP contribution >= 0.6 is 27.3 Å². The summed E-state index contributed by atoms with van der Waals surface area (Å²) in [4.78, 5) is 7.09. The molecule has 0 fully saturated rings. The number of rotatable bonds is 4. The first kappa shape index (κ1) is 16.8. The summed E-state index contributed by atoms with van der Waals surface area (Å²) >= 11 is 5.42. The Morgan fingerprint density at radius 2 is 1.92 bits per heavy atom. The van der Waals surface area contributed by atoms with E-state index in [4.69, 9.17) is 14.5 Å². The van der Waals surface area contributed by atoms with Gasteiger partial charge in [-0.3, -0.25) is 4.90 Å². The molecule has 1 atom stereocenters. The summed E-state index contributed by atoms with van der Waals surface area (Å²) < 4.78 is 13.6. The van der Waals surface area contributed by atoms with Crippen molar-refractivity contribution in [2.45, 2.75) is 19.5 Å². The Balaban J connectivity index is 1.55. The number of fused-ring (bicyclic) bond motifs is 2. The lowest BCUT2D eigenvalue weighted by atomic mass is 10.1. The van der Waals surface area contributed by atoms with Crippen LogP contribution in [0.3, 0.4) is 0 Å². The highest BCUT2D eigenvalue weighted by Crippen LogP contribution is 2.37. The van der Waals surface area contributed by atoms with Gasteiger partial charge in [-0.1, -0.05) is 28.1 Å². The second-order valence-electron chi connectivity index (χ2n) is 6.20. The molecule has 0 bridgehead atoms. The van der Waals surface area contributed by atoms with E-state index in [0.29, 0.717) is 13.2 Å². The lowest BCUT2D eigenvalue weighted by Crippen LogP contribution is -2.22. The molecule has 4 rings (SSSR count). The van der Waals surface area contributed by atoms with E-state index in [1.807, 2.05) is 12.1 Å². The van der Waals surface area contributed by atoms with Crippen LogP contribution in [0.1, 0.15) is 23.5 Å². The second kappa shape index (κ2) is 6.94. The number of nitrogens with zero attached hydrogens (tertiary/aromatic N) is 2. The third-order valence-corrected chi connectivity index (χ3v) is 6.40. The molecule has 1 aromatic heterocycles. The van der Waals surface area contributed by atoms with Gasteiger partial charge in [-0.25, -0.2) is 4.98 Å². The SMILES string of the molecule is CC(c1nc2ccccc2s1)N(C)Cc1cc2c(cc1Br)OCCO2. The molecule has 25 heavy (non-hydrogen) atoms. The van der Waals surface area contributed by atoms with Crippen molar-refractivity contribution in [1.29, 1.82) is 0 Å². The molecule has 0 N–H and O–H groups in total. The molecule has 4 nitrogen and oxygen atoms in total. The number of hydrogen-bond acceptors (Lipinski definition) is 5. The standard InChI is InChI=1S/C19H19BrN2O2S/c1-12(19-21-15-5-3-4-6-18(15)25-19)22(2)11-13-9-16-17(10-14(13)20)24-8-7-23-16/h3-6,9-10,12H,7-8,11H2,1-2H3. The normalized spacial score (nSPS) is 14.9. The van der Waals surface area contributed by atoms with E-state index < -0.39 is 0 Å². The molecule has 130 valence electrons. The Morgan fingerprint density at radius 3 is 2.68 bits per heavy atom. The summed E-state index contributed by atoms with van der Waals surface area (Å²) in [5.41, 5.74) is 2.25. The van der Waals surface area contributed by atoms with Gasteiger partial charge in [0, 0.05) is 11.0 Å². The summed E-state index contributed by atoms with van der Waals surface area (Å²) in [6.45, 7) is 4.21. The van der Waals surface area contributed by atoms with Crippen LogP contribution in [0.4, 0.5) is 0 Å². The van der Waals surface area contributed by atoms with Gasteiger partial charge in [-0.05, 0) is 43.8 Å². The maximum atomic E-state index is 5.71. The molecule has 0 saturated heterocycles. The fourth-order valence-corrected chi connectivity index (χ4v) is 4.42. The maximum absolute atomic E-state index is 5.71. The van der Waals surface area contributed by atoms with Crippen molar-refractivity contribution in [3.63, 3.8) is 0 Å². The first-order valence-corrected chi connectivity index (χ1v) is 9.86. The summed E-state index contributed by atoms with van der Waals surface area (Å²) in [5, 5.41) is 1.14. The number of para-hydroxylation sites is 1. The second-order valence-corrected chi connectivity index (χ2v) is 8.11. The van der Waals surface area contributed by atoms with Gasteiger partial charge in [0.25, 0.3) is 0 Å². The molecule has 1 aliphatic heterocycles. The van der Waals surface area contributed by atoms with Gasteiger partial charge >= 0.3 is 0 Å². The number of aromatic nitrogens is 1. The Hall–Kier alpha value is -1.63. The Kier molecular flexibility index (Phi) is 4.67. The topological polar surface area (TPSA) is 34.6 Å². The Labute approximate surface area is 159 Å². The van der Waals surface area contributed by atoms with Crippen molar-refractivity contribution < 1.29 is 9.47 Å². The van der Waals surface area contributed by atoms with E-state index in [1.54, 1.807) is 11.3 Å². The molecule has 1 unspecified atom stereocenters. The van der Waals surface area contributed by atoms with E-state index in [2.05, 4.69) is 59.1 Å². The van der Waals surface area contributed by atoms with Gasteiger partial charge in [0.1, 0.15) is 18.2 Å². The lowest BCUT2D eigenvalue weighted by molar-refractivity contribution is 0.170. The molecule has 0 amide bonds. The molecule has 1 aliphatic rings. The van der Waals surface area contributed by atoms with E-state index in [9.17, 15) is 0 Å². The zero-order valence-corrected chi connectivity index (χ0v) is 16.6. The molecule has 2 aromatic carbocycles. The number of thiazole rings is 1. The van der Waals surface area contributed by atoms with E-state index in [0.717, 1.165) is 33.0 Å². The summed E-state index contributed by atoms with van der Waals surface area (Å²) in [7, 11) is 2.12. The monoisotopic (exact) mass is 418 g/mol. The molecule has 0 spiro atoms. The van der Waals surface area contributed by atoms with Crippen molar-refractivity contribution in [3.8, 4) is 11.5 Å². The van der Waals surface area contributed by atoms with Crippen LogP contribution in [0.5, 0.6) is 11.5 Å². The summed E-state index contributed by atoms with van der Waals surface area (Å²) in [6, 6.07) is 12.6. The molecule has 0 radical (unpaired) electrons. The van der Waals surface area contributed by atoms with Crippen molar-refractivity contribution in [1.82, 2.24) is 9.88 Å². The van der Waals surface area contributed by atoms with Gasteiger partial charge in [0.15, 0.2) is 11.5 Å². The fraction of sp³-hybridized carbons (Fsp3) is 0.316. The molecule has 0 aliphatic carbocycles. The number of hydrogen-bond donors (Lipinski definition) is 0. The van der Waals surface area contributed by atoms with Crippen molar-refractivity contribution >= 4 is 37.5 Å². The van der Waals surface area contributed by atoms with E-state index in [1.165, 1.54) is 10.3 Å². The molecular formula is C19H19BrN2O2S. The highest BCUT2D eigenvalue weighted by Gasteiger charge is 2.20. The number of ether oxygens (including phenoxy) is 2. The number of halogens is 1. The first-order chi connectivity index (χ1) is 12.1. The largest absolute Gasteiger partial charge is 0.486 e. The maximum Gasteiger partial charge on any atom is 0.162 e. The molecule has 3 aromatic rings. The third kappa shape index (κ3) is 3.38. The van der Waals surface area contributed by atoms with Crippen LogP contribution in [0.15, 0.2) is 40.9 Å². The zero-order chi connectivity index (χ0) is 17.4. The van der Waals surface area contributed by atoms with Crippen molar-refractivity contribution in [2.75, 3.05) is 20.3 Å². The van der Waals surface area contributed by atoms with Crippen LogP contribution in [-0.4, -0.2) is 30.1 Å². The van der Waals surface area contributed by atoms with Gasteiger partial charge in [-0.2, -0.15) is 0 Å². The smallest absolute Gasteiger partial charge is 0.162 e. The minimum absolute atomic E-state index is 0.234. The number of benzene rings is 2. The van der Waals surface area contributed by atoms with Gasteiger partial charge < -0.3 is 9.47 Å². The first-order valence-electron chi connectivity index (χ1n) is 8.25. The Morgan fingerprint density at radius 1 is 1.20 bits per heavy atom. The average Bonchev–Trinajstić information content (AvgIpc) is 3.05. The molecule has 0 saturated carbocycles. The van der Waals surface area contributed by atoms with Crippen LogP contribution in [0, 0.1) is 0 Å².